The van der Waals surface area contributed by atoms with E-state index in [0.717, 1.165) is 11.1 Å². The SMILES string of the molecule is C.COC(=O)c1nc(Br)c2cccnc2c1O.NCc1ccc(F)cc1.O=C(NCc1ccc(F)cc1)c1nc(Br)c2cccnc2c1O. The number of nitrogens with one attached hydrogen (secondary N) is 1. The number of esters is 1. The van der Waals surface area contributed by atoms with Crippen LogP contribution in [0.3, 0.4) is 0 Å². The molecule has 0 saturated carbocycles. The van der Waals surface area contributed by atoms with E-state index in [1.54, 1.807) is 48.5 Å². The number of methoxy groups -OCH3 is 1. The van der Waals surface area contributed by atoms with Crippen LogP contribution in [0.2, 0.25) is 0 Å². The molecule has 5 N–H and O–H groups in total. The lowest BCUT2D eigenvalue weighted by atomic mass is 10.2. The molecule has 4 heterocycles. The zero-order valence-electron chi connectivity index (χ0n) is 25.0. The molecule has 0 fully saturated rings. The number of aromatic nitrogens is 4. The van der Waals surface area contributed by atoms with Gasteiger partial charge in [0.15, 0.2) is 22.9 Å². The molecule has 6 aromatic rings. The van der Waals surface area contributed by atoms with Crippen LogP contribution in [0.4, 0.5) is 8.78 Å². The van der Waals surface area contributed by atoms with Crippen molar-refractivity contribution in [1.82, 2.24) is 25.3 Å². The van der Waals surface area contributed by atoms with Crippen LogP contribution in [0.1, 0.15) is 39.5 Å². The van der Waals surface area contributed by atoms with E-state index >= 15 is 0 Å². The minimum Gasteiger partial charge on any atom is -0.504 e. The Morgan fingerprint density at radius 2 is 1.22 bits per heavy atom. The number of carbonyl (C=O) groups is 2. The third kappa shape index (κ3) is 9.72. The first-order valence-corrected chi connectivity index (χ1v) is 15.4. The van der Waals surface area contributed by atoms with Crippen LogP contribution in [0.15, 0.2) is 94.4 Å². The summed E-state index contributed by atoms with van der Waals surface area (Å²) in [5.74, 6) is -2.35. The fourth-order valence-corrected chi connectivity index (χ4v) is 5.05. The predicted molar refractivity (Wildman–Crippen MR) is 188 cm³/mol. The molecule has 49 heavy (non-hydrogen) atoms. The quantitative estimate of drug-likeness (QED) is 0.105. The lowest BCUT2D eigenvalue weighted by Crippen LogP contribution is -2.24. The number of amides is 1. The number of rotatable bonds is 5. The summed E-state index contributed by atoms with van der Waals surface area (Å²) in [6.07, 6.45) is 3.05. The molecule has 0 radical (unpaired) electrons. The Bertz CT molecular complexity index is 2070. The van der Waals surface area contributed by atoms with Gasteiger partial charge in [-0.1, -0.05) is 31.7 Å². The summed E-state index contributed by atoms with van der Waals surface area (Å²) in [4.78, 5) is 39.6. The molecular weight excluding hydrogens is 770 g/mol. The van der Waals surface area contributed by atoms with Crippen LogP contribution in [0.25, 0.3) is 21.8 Å². The van der Waals surface area contributed by atoms with E-state index in [-0.39, 0.29) is 48.5 Å². The van der Waals surface area contributed by atoms with Gasteiger partial charge < -0.3 is 26.0 Å². The Labute approximate surface area is 296 Å². The summed E-state index contributed by atoms with van der Waals surface area (Å²) in [5.41, 5.74) is 7.30. The van der Waals surface area contributed by atoms with Crippen LogP contribution < -0.4 is 11.1 Å². The van der Waals surface area contributed by atoms with Gasteiger partial charge in [0.05, 0.1) is 7.11 Å². The van der Waals surface area contributed by atoms with Crippen molar-refractivity contribution in [3.63, 3.8) is 0 Å². The van der Waals surface area contributed by atoms with Crippen LogP contribution in [0, 0.1) is 11.6 Å². The van der Waals surface area contributed by atoms with Gasteiger partial charge in [-0.15, -0.1) is 0 Å². The second kappa shape index (κ2) is 17.9. The number of benzene rings is 2. The lowest BCUT2D eigenvalue weighted by Gasteiger charge is -2.09. The molecule has 0 saturated heterocycles. The van der Waals surface area contributed by atoms with Crippen molar-refractivity contribution in [1.29, 1.82) is 0 Å². The topological polar surface area (TPSA) is 173 Å². The molecule has 0 atom stereocenters. The fraction of sp³-hybridized carbons (Fsp3) is 0.118. The Morgan fingerprint density at radius 1 is 0.776 bits per heavy atom. The summed E-state index contributed by atoms with van der Waals surface area (Å²) in [6.45, 7) is 0.665. The van der Waals surface area contributed by atoms with Crippen LogP contribution >= 0.6 is 31.9 Å². The second-order valence-electron chi connectivity index (χ2n) is 9.63. The monoisotopic (exact) mass is 798 g/mol. The first-order valence-electron chi connectivity index (χ1n) is 13.9. The molecule has 0 aliphatic carbocycles. The minimum atomic E-state index is -0.703. The molecule has 0 aliphatic heterocycles. The number of ether oxygens (including phenoxy) is 1. The summed E-state index contributed by atoms with van der Waals surface area (Å²) >= 11 is 6.48. The highest BCUT2D eigenvalue weighted by atomic mass is 79.9. The highest BCUT2D eigenvalue weighted by Gasteiger charge is 2.20. The molecule has 0 bridgehead atoms. The Hall–Kier alpha value is -5.12. The summed E-state index contributed by atoms with van der Waals surface area (Å²) < 4.78 is 30.4. The van der Waals surface area contributed by atoms with Gasteiger partial charge in [-0.05, 0) is 91.5 Å². The third-order valence-corrected chi connectivity index (χ3v) is 7.70. The van der Waals surface area contributed by atoms with Crippen molar-refractivity contribution < 1.29 is 33.3 Å². The number of aromatic hydroxyl groups is 2. The van der Waals surface area contributed by atoms with Gasteiger partial charge in [0.1, 0.15) is 31.9 Å². The van der Waals surface area contributed by atoms with Gasteiger partial charge >= 0.3 is 5.97 Å². The number of fused-ring (bicyclic) bond motifs is 2. The van der Waals surface area contributed by atoms with Crippen molar-refractivity contribution in [2.45, 2.75) is 20.5 Å². The van der Waals surface area contributed by atoms with E-state index in [1.165, 1.54) is 43.8 Å². The molecule has 254 valence electrons. The number of hydrogen-bond acceptors (Lipinski definition) is 10. The Kier molecular flexibility index (Phi) is 14.0. The zero-order valence-corrected chi connectivity index (χ0v) is 28.2. The first-order chi connectivity index (χ1) is 23.0. The standard InChI is InChI=1S/C16H11BrFN3O2.C10H7BrN2O3.C7H8FN.CH4/c17-15-11-2-1-7-19-12(11)14(22)13(21-15)16(23)20-8-9-3-5-10(18)6-4-9;1-16-10(15)7-8(14)6-5(9(11)13-7)3-2-4-12-6;8-7-3-1-6(5-9)2-4-7;/h1-7,22H,8H2,(H,20,23);2-4,14H,1H3;1-4H,5,9H2;1H4. The van der Waals surface area contributed by atoms with Crippen molar-refractivity contribution in [2.24, 2.45) is 5.73 Å². The number of pyridine rings is 4. The molecular formula is C34H30Br2F2N6O5. The van der Waals surface area contributed by atoms with Crippen LogP contribution in [-0.2, 0) is 17.8 Å². The van der Waals surface area contributed by atoms with E-state index in [2.05, 4.69) is 61.8 Å². The average Bonchev–Trinajstić information content (AvgIpc) is 3.11. The van der Waals surface area contributed by atoms with Crippen molar-refractivity contribution in [2.75, 3.05) is 7.11 Å². The maximum absolute atomic E-state index is 12.9. The summed E-state index contributed by atoms with van der Waals surface area (Å²) in [6, 6.07) is 18.8. The normalized spacial score (nSPS) is 10.2. The van der Waals surface area contributed by atoms with E-state index in [1.807, 2.05) is 0 Å². The highest BCUT2D eigenvalue weighted by Crippen LogP contribution is 2.31. The molecule has 11 nitrogen and oxygen atoms in total. The molecule has 1 amide bonds. The highest BCUT2D eigenvalue weighted by molar-refractivity contribution is 9.10. The minimum absolute atomic E-state index is 0. The molecule has 4 aromatic heterocycles. The Morgan fingerprint density at radius 3 is 1.69 bits per heavy atom. The Balaban J connectivity index is 0.000000217. The van der Waals surface area contributed by atoms with E-state index in [4.69, 9.17) is 5.73 Å². The number of hydrogen-bond donors (Lipinski definition) is 4. The van der Waals surface area contributed by atoms with Gasteiger partial charge in [-0.2, -0.15) is 0 Å². The number of carbonyl (C=O) groups excluding carboxylic acids is 2. The maximum Gasteiger partial charge on any atom is 0.360 e. The molecule has 6 rings (SSSR count). The van der Waals surface area contributed by atoms with Crippen LogP contribution in [-0.4, -0.2) is 49.1 Å². The van der Waals surface area contributed by atoms with Crippen molar-refractivity contribution in [3.05, 3.63) is 129 Å². The predicted octanol–water partition coefficient (Wildman–Crippen LogP) is 6.97. The number of halogens is 4. The zero-order chi connectivity index (χ0) is 34.8. The van der Waals surface area contributed by atoms with E-state index < -0.39 is 11.9 Å². The lowest BCUT2D eigenvalue weighted by molar-refractivity contribution is 0.0590. The molecule has 15 heteroatoms. The third-order valence-electron chi connectivity index (χ3n) is 6.49. The summed E-state index contributed by atoms with van der Waals surface area (Å²) in [5, 5.41) is 23.9. The van der Waals surface area contributed by atoms with E-state index in [9.17, 15) is 28.6 Å². The number of nitrogens with zero attached hydrogens (tertiary/aromatic N) is 4. The van der Waals surface area contributed by atoms with Crippen LogP contribution in [0.5, 0.6) is 11.5 Å². The molecule has 0 aliphatic rings. The molecule has 0 unspecified atom stereocenters. The number of nitrogens with two attached hydrogens (primary N) is 1. The smallest absolute Gasteiger partial charge is 0.360 e. The van der Waals surface area contributed by atoms with Gasteiger partial charge in [-0.25, -0.2) is 23.5 Å². The van der Waals surface area contributed by atoms with Gasteiger partial charge in [0.25, 0.3) is 5.91 Å². The van der Waals surface area contributed by atoms with E-state index in [0.29, 0.717) is 37.6 Å². The van der Waals surface area contributed by atoms with Gasteiger partial charge in [0, 0.05) is 36.3 Å². The van der Waals surface area contributed by atoms with Gasteiger partial charge in [0.2, 0.25) is 0 Å². The largest absolute Gasteiger partial charge is 0.504 e. The first kappa shape index (κ1) is 38.3. The van der Waals surface area contributed by atoms with Crippen molar-refractivity contribution in [3.8, 4) is 11.5 Å². The average molecular weight is 800 g/mol. The molecule has 2 aromatic carbocycles. The fourth-order valence-electron chi connectivity index (χ4n) is 4.05. The maximum atomic E-state index is 12.9. The second-order valence-corrected chi connectivity index (χ2v) is 11.1. The molecule has 0 spiro atoms. The van der Waals surface area contributed by atoms with Crippen molar-refractivity contribution >= 4 is 65.5 Å². The van der Waals surface area contributed by atoms with Gasteiger partial charge in [-0.3, -0.25) is 14.8 Å². The summed E-state index contributed by atoms with van der Waals surface area (Å²) in [7, 11) is 1.22.